The number of hydrogen-bond acceptors (Lipinski definition) is 4. The molecular weight excluding hydrogens is 402 g/mol. The van der Waals surface area contributed by atoms with Gasteiger partial charge in [-0.2, -0.15) is 0 Å². The number of nitrogens with one attached hydrogen (secondary N) is 2. The molecule has 1 fully saturated rings. The molecule has 1 atom stereocenters. The first kappa shape index (κ1) is 21.8. The Morgan fingerprint density at radius 1 is 1.20 bits per heavy atom. The number of carbonyl (C=O) groups excluding carboxylic acids is 2. The number of hydrogen-bond donors (Lipinski definition) is 2. The highest BCUT2D eigenvalue weighted by Gasteiger charge is 2.25. The van der Waals surface area contributed by atoms with Gasteiger partial charge in [-0.3, -0.25) is 14.3 Å². The summed E-state index contributed by atoms with van der Waals surface area (Å²) in [6.45, 7) is 6.28. The van der Waals surface area contributed by atoms with E-state index in [4.69, 9.17) is 0 Å². The topological polar surface area (TPSA) is 95.6 Å². The highest BCUT2D eigenvalue weighted by molar-refractivity contribution is 7.92. The summed E-state index contributed by atoms with van der Waals surface area (Å²) in [5.74, 6) is -0.283. The van der Waals surface area contributed by atoms with E-state index in [9.17, 15) is 18.0 Å². The third-order valence-corrected chi connectivity index (χ3v) is 6.61. The van der Waals surface area contributed by atoms with Crippen molar-refractivity contribution < 1.29 is 18.0 Å². The maximum atomic E-state index is 13.0. The molecule has 0 radical (unpaired) electrons. The van der Waals surface area contributed by atoms with Gasteiger partial charge in [0.25, 0.3) is 15.9 Å². The van der Waals surface area contributed by atoms with Gasteiger partial charge in [0.05, 0.1) is 16.1 Å². The maximum Gasteiger partial charge on any atom is 0.261 e. The third-order valence-electron chi connectivity index (χ3n) is 5.25. The second-order valence-electron chi connectivity index (χ2n) is 7.53. The molecule has 3 rings (SSSR count). The van der Waals surface area contributed by atoms with Crippen LogP contribution < -0.4 is 14.9 Å². The van der Waals surface area contributed by atoms with Crippen LogP contribution in [0.2, 0.25) is 0 Å². The van der Waals surface area contributed by atoms with Crippen molar-refractivity contribution in [2.45, 2.75) is 51.0 Å². The molecule has 2 N–H and O–H groups in total. The summed E-state index contributed by atoms with van der Waals surface area (Å²) < 4.78 is 28.5. The first-order valence-corrected chi connectivity index (χ1v) is 11.5. The average molecular weight is 430 g/mol. The summed E-state index contributed by atoms with van der Waals surface area (Å²) in [5, 5.41) is 2.85. The third kappa shape index (κ3) is 4.64. The van der Waals surface area contributed by atoms with Crippen molar-refractivity contribution in [1.82, 2.24) is 5.32 Å². The van der Waals surface area contributed by atoms with Crippen molar-refractivity contribution in [2.75, 3.05) is 16.2 Å². The number of para-hydroxylation sites is 1. The number of rotatable bonds is 7. The fourth-order valence-electron chi connectivity index (χ4n) is 3.38. The minimum Gasteiger partial charge on any atom is -0.350 e. The molecule has 30 heavy (non-hydrogen) atoms. The molecule has 8 heteroatoms. The number of carbonyl (C=O) groups is 2. The smallest absolute Gasteiger partial charge is 0.261 e. The first-order valence-electron chi connectivity index (χ1n) is 10.1. The molecule has 2 amide bonds. The summed E-state index contributed by atoms with van der Waals surface area (Å²) in [6, 6.07) is 11.2. The highest BCUT2D eigenvalue weighted by Crippen LogP contribution is 2.28. The van der Waals surface area contributed by atoms with Crippen LogP contribution in [0.5, 0.6) is 0 Å². The van der Waals surface area contributed by atoms with E-state index in [2.05, 4.69) is 10.0 Å². The molecule has 0 saturated carbocycles. The van der Waals surface area contributed by atoms with Gasteiger partial charge in [-0.25, -0.2) is 8.42 Å². The average Bonchev–Trinajstić information content (AvgIpc) is 3.13. The second kappa shape index (κ2) is 8.87. The lowest BCUT2D eigenvalue weighted by Gasteiger charge is -2.19. The lowest BCUT2D eigenvalue weighted by molar-refractivity contribution is -0.117. The van der Waals surface area contributed by atoms with E-state index in [1.165, 1.54) is 6.07 Å². The summed E-state index contributed by atoms with van der Waals surface area (Å²) in [5.41, 5.74) is 1.91. The van der Waals surface area contributed by atoms with Crippen LogP contribution in [0.3, 0.4) is 0 Å². The molecular formula is C22H27N3O4S. The van der Waals surface area contributed by atoms with Crippen molar-refractivity contribution in [3.8, 4) is 0 Å². The van der Waals surface area contributed by atoms with Crippen LogP contribution in [0, 0.1) is 6.92 Å². The Morgan fingerprint density at radius 2 is 1.93 bits per heavy atom. The minimum atomic E-state index is -3.91. The second-order valence-corrected chi connectivity index (χ2v) is 9.21. The van der Waals surface area contributed by atoms with E-state index < -0.39 is 10.0 Å². The molecule has 1 unspecified atom stereocenters. The van der Waals surface area contributed by atoms with Crippen LogP contribution in [0.4, 0.5) is 11.4 Å². The predicted molar refractivity (Wildman–Crippen MR) is 117 cm³/mol. The Kier molecular flexibility index (Phi) is 6.45. The van der Waals surface area contributed by atoms with E-state index in [-0.39, 0.29) is 34.0 Å². The summed E-state index contributed by atoms with van der Waals surface area (Å²) in [4.78, 5) is 26.3. The van der Waals surface area contributed by atoms with Gasteiger partial charge >= 0.3 is 0 Å². The lowest BCUT2D eigenvalue weighted by atomic mass is 10.1. The maximum absolute atomic E-state index is 13.0. The number of aryl methyl sites for hydroxylation is 1. The number of nitrogens with zero attached hydrogens (tertiary/aromatic N) is 1. The molecule has 2 aromatic rings. The van der Waals surface area contributed by atoms with Crippen molar-refractivity contribution in [3.05, 3.63) is 53.6 Å². The Labute approximate surface area is 177 Å². The summed E-state index contributed by atoms with van der Waals surface area (Å²) >= 11 is 0. The molecule has 7 nitrogen and oxygen atoms in total. The van der Waals surface area contributed by atoms with E-state index in [0.717, 1.165) is 18.5 Å². The first-order chi connectivity index (χ1) is 14.2. The van der Waals surface area contributed by atoms with Gasteiger partial charge in [0.15, 0.2) is 0 Å². The van der Waals surface area contributed by atoms with E-state index >= 15 is 0 Å². The molecule has 1 saturated heterocycles. The van der Waals surface area contributed by atoms with Crippen LogP contribution >= 0.6 is 0 Å². The highest BCUT2D eigenvalue weighted by atomic mass is 32.2. The number of sulfonamides is 1. The van der Waals surface area contributed by atoms with Crippen molar-refractivity contribution in [2.24, 2.45) is 0 Å². The zero-order valence-electron chi connectivity index (χ0n) is 17.4. The van der Waals surface area contributed by atoms with Crippen LogP contribution in [-0.4, -0.2) is 32.8 Å². The predicted octanol–water partition coefficient (Wildman–Crippen LogP) is 3.45. The van der Waals surface area contributed by atoms with Crippen LogP contribution in [0.1, 0.15) is 49.0 Å². The Hall–Kier alpha value is -2.87. The Bertz CT molecular complexity index is 1070. The molecule has 1 heterocycles. The molecule has 1 aliphatic rings. The molecule has 2 aromatic carbocycles. The van der Waals surface area contributed by atoms with Gasteiger partial charge in [-0.15, -0.1) is 0 Å². The van der Waals surface area contributed by atoms with Crippen LogP contribution in [0.25, 0.3) is 0 Å². The van der Waals surface area contributed by atoms with E-state index in [0.29, 0.717) is 18.5 Å². The molecule has 0 bridgehead atoms. The van der Waals surface area contributed by atoms with Gasteiger partial charge in [-0.05, 0) is 62.6 Å². The molecule has 1 aliphatic heterocycles. The number of amides is 2. The molecule has 0 spiro atoms. The molecule has 0 aliphatic carbocycles. The lowest BCUT2D eigenvalue weighted by Crippen LogP contribution is -2.32. The van der Waals surface area contributed by atoms with Crippen LogP contribution in [0.15, 0.2) is 47.4 Å². The summed E-state index contributed by atoms with van der Waals surface area (Å²) in [7, 11) is -3.91. The number of benzene rings is 2. The molecule has 0 aromatic heterocycles. The molecule has 160 valence electrons. The fourth-order valence-corrected chi connectivity index (χ4v) is 4.54. The largest absolute Gasteiger partial charge is 0.350 e. The quantitative estimate of drug-likeness (QED) is 0.705. The zero-order valence-corrected chi connectivity index (χ0v) is 18.3. The van der Waals surface area contributed by atoms with Gasteiger partial charge in [0, 0.05) is 24.7 Å². The van der Waals surface area contributed by atoms with Crippen molar-refractivity contribution in [3.63, 3.8) is 0 Å². The monoisotopic (exact) mass is 429 g/mol. The number of anilines is 2. The van der Waals surface area contributed by atoms with Gasteiger partial charge in [0.2, 0.25) is 5.91 Å². The Balaban J connectivity index is 1.86. The Morgan fingerprint density at radius 3 is 2.57 bits per heavy atom. The van der Waals surface area contributed by atoms with E-state index in [1.807, 2.05) is 13.8 Å². The fraction of sp³-hybridized carbons (Fsp3) is 0.364. The normalized spacial score (nSPS) is 15.2. The SMILES string of the molecule is CCC(C)NC(=O)c1ccccc1NS(=O)(=O)c1ccc(N2CCCC2=O)c(C)c1. The zero-order chi connectivity index (χ0) is 21.9. The van der Waals surface area contributed by atoms with E-state index in [1.54, 1.807) is 48.2 Å². The van der Waals surface area contributed by atoms with Gasteiger partial charge in [-0.1, -0.05) is 19.1 Å². The van der Waals surface area contributed by atoms with Crippen molar-refractivity contribution >= 4 is 33.2 Å². The minimum absolute atomic E-state index is 0.0225. The van der Waals surface area contributed by atoms with Gasteiger partial charge in [0.1, 0.15) is 0 Å². The van der Waals surface area contributed by atoms with Crippen molar-refractivity contribution in [1.29, 1.82) is 0 Å². The van der Waals surface area contributed by atoms with Gasteiger partial charge < -0.3 is 10.2 Å². The summed E-state index contributed by atoms with van der Waals surface area (Å²) in [6.07, 6.45) is 2.08. The standard InChI is InChI=1S/C22H27N3O4S/c1-4-16(3)23-22(27)18-8-5-6-9-19(18)24-30(28,29)17-11-12-20(15(2)14-17)25-13-7-10-21(25)26/h5-6,8-9,11-12,14,16,24H,4,7,10,13H2,1-3H3,(H,23,27). The van der Waals surface area contributed by atoms with Crippen LogP contribution in [-0.2, 0) is 14.8 Å².